The Bertz CT molecular complexity index is 1100. The van der Waals surface area contributed by atoms with Crippen LogP contribution >= 0.6 is 23.2 Å². The van der Waals surface area contributed by atoms with Gasteiger partial charge in [-0.25, -0.2) is 9.67 Å². The summed E-state index contributed by atoms with van der Waals surface area (Å²) in [5, 5.41) is 16.8. The Kier molecular flexibility index (Phi) is 4.63. The number of fused-ring (bicyclic) bond motifs is 1. The van der Waals surface area contributed by atoms with Gasteiger partial charge in [-0.15, -0.1) is 0 Å². The smallest absolute Gasteiger partial charge is 0.258 e. The summed E-state index contributed by atoms with van der Waals surface area (Å²) in [5.74, 6) is -0.350. The van der Waals surface area contributed by atoms with Crippen molar-refractivity contribution in [2.75, 3.05) is 5.32 Å². The summed E-state index contributed by atoms with van der Waals surface area (Å²) in [4.78, 5) is 17.0. The number of pyridine rings is 1. The zero-order chi connectivity index (χ0) is 19.0. The Morgan fingerprint density at radius 3 is 2.74 bits per heavy atom. The summed E-state index contributed by atoms with van der Waals surface area (Å²) >= 11 is 12.4. The predicted molar refractivity (Wildman–Crippen MR) is 107 cm³/mol. The van der Waals surface area contributed by atoms with Crippen LogP contribution in [0.4, 0.5) is 5.69 Å². The molecule has 27 heavy (non-hydrogen) atoms. The molecule has 0 spiro atoms. The van der Waals surface area contributed by atoms with Crippen molar-refractivity contribution >= 4 is 57.8 Å². The molecule has 0 radical (unpaired) electrons. The third-order valence-electron chi connectivity index (χ3n) is 4.16. The van der Waals surface area contributed by atoms with Gasteiger partial charge in [0.2, 0.25) is 0 Å². The molecule has 0 saturated carbocycles. The van der Waals surface area contributed by atoms with E-state index in [9.17, 15) is 4.79 Å². The van der Waals surface area contributed by atoms with E-state index in [1.54, 1.807) is 35.2 Å². The van der Waals surface area contributed by atoms with Crippen LogP contribution in [0, 0.1) is 6.92 Å². The quantitative estimate of drug-likeness (QED) is 0.714. The van der Waals surface area contributed by atoms with Gasteiger partial charge >= 0.3 is 0 Å². The van der Waals surface area contributed by atoms with Gasteiger partial charge in [-0.3, -0.25) is 4.79 Å². The SMILES string of the molecule is Cc1nn(CC2=NN=CC2)c2ncc(C(=O)Nc3ccc(Cl)cc3)c(Cl)c12. The first-order valence-electron chi connectivity index (χ1n) is 8.18. The Morgan fingerprint density at radius 1 is 1.26 bits per heavy atom. The predicted octanol–water partition coefficient (Wildman–Crippen LogP) is 4.13. The van der Waals surface area contributed by atoms with Crippen LogP contribution in [-0.2, 0) is 6.54 Å². The Morgan fingerprint density at radius 2 is 2.04 bits per heavy atom. The number of aryl methyl sites for hydroxylation is 1. The fourth-order valence-electron chi connectivity index (χ4n) is 2.85. The average Bonchev–Trinajstić information content (AvgIpc) is 3.26. The van der Waals surface area contributed by atoms with Crippen LogP contribution < -0.4 is 5.32 Å². The van der Waals surface area contributed by atoms with Crippen molar-refractivity contribution in [2.24, 2.45) is 10.2 Å². The summed E-state index contributed by atoms with van der Waals surface area (Å²) in [6.45, 7) is 2.31. The second-order valence-electron chi connectivity index (χ2n) is 6.06. The highest BCUT2D eigenvalue weighted by Crippen LogP contribution is 2.29. The van der Waals surface area contributed by atoms with Crippen molar-refractivity contribution in [3.05, 3.63) is 51.8 Å². The van der Waals surface area contributed by atoms with Gasteiger partial charge in [-0.2, -0.15) is 15.3 Å². The number of carbonyl (C=O) groups excluding carboxylic acids is 1. The molecule has 1 aliphatic rings. The molecule has 9 heteroatoms. The monoisotopic (exact) mass is 400 g/mol. The van der Waals surface area contributed by atoms with E-state index in [2.05, 4.69) is 25.6 Å². The van der Waals surface area contributed by atoms with Crippen molar-refractivity contribution in [3.8, 4) is 0 Å². The van der Waals surface area contributed by atoms with Crippen LogP contribution in [0.1, 0.15) is 22.5 Å². The lowest BCUT2D eigenvalue weighted by Crippen LogP contribution is -2.14. The van der Waals surface area contributed by atoms with E-state index in [1.807, 2.05) is 6.92 Å². The van der Waals surface area contributed by atoms with E-state index < -0.39 is 0 Å². The van der Waals surface area contributed by atoms with Gasteiger partial charge < -0.3 is 5.32 Å². The molecule has 1 N–H and O–H groups in total. The summed E-state index contributed by atoms with van der Waals surface area (Å²) in [6, 6.07) is 6.83. The van der Waals surface area contributed by atoms with Gasteiger partial charge in [-0.1, -0.05) is 23.2 Å². The number of amides is 1. The number of carbonyl (C=O) groups is 1. The molecule has 0 saturated heterocycles. The number of halogens is 2. The van der Waals surface area contributed by atoms with E-state index in [0.717, 1.165) is 5.71 Å². The normalized spacial score (nSPS) is 13.2. The molecule has 2 aromatic heterocycles. The number of aromatic nitrogens is 3. The maximum atomic E-state index is 12.6. The number of hydrogen-bond acceptors (Lipinski definition) is 5. The Hall–Kier alpha value is -2.77. The summed E-state index contributed by atoms with van der Waals surface area (Å²) in [5.41, 5.74) is 3.09. The van der Waals surface area contributed by atoms with E-state index in [-0.39, 0.29) is 11.5 Å². The number of nitrogens with one attached hydrogen (secondary N) is 1. The molecule has 1 amide bonds. The minimum Gasteiger partial charge on any atom is -0.322 e. The lowest BCUT2D eigenvalue weighted by Gasteiger charge is -2.08. The number of rotatable bonds is 4. The van der Waals surface area contributed by atoms with Crippen LogP contribution in [0.5, 0.6) is 0 Å². The molecule has 3 aromatic rings. The molecular formula is C18H14Cl2N6O. The molecule has 136 valence electrons. The minimum absolute atomic E-state index is 0.281. The second-order valence-corrected chi connectivity index (χ2v) is 6.87. The van der Waals surface area contributed by atoms with Crippen molar-refractivity contribution in [1.29, 1.82) is 0 Å². The van der Waals surface area contributed by atoms with Gasteiger partial charge in [0.05, 0.1) is 33.9 Å². The topological polar surface area (TPSA) is 84.5 Å². The molecule has 0 unspecified atom stereocenters. The van der Waals surface area contributed by atoms with Gasteiger partial charge in [-0.05, 0) is 31.2 Å². The fourth-order valence-corrected chi connectivity index (χ4v) is 3.34. The maximum Gasteiger partial charge on any atom is 0.258 e. The first kappa shape index (κ1) is 17.6. The fraction of sp³-hybridized carbons (Fsp3) is 0.167. The van der Waals surface area contributed by atoms with Gasteiger partial charge in [0, 0.05) is 29.5 Å². The standard InChI is InChI=1S/C18H14Cl2N6O/c1-10-15-16(20)14(18(27)23-12-4-2-11(19)3-5-12)8-21-17(15)26(25-10)9-13-6-7-22-24-13/h2-5,7-8H,6,9H2,1H3,(H,23,27). The molecule has 0 aliphatic carbocycles. The molecule has 1 aliphatic heterocycles. The number of benzene rings is 1. The average molecular weight is 401 g/mol. The van der Waals surface area contributed by atoms with Gasteiger partial charge in [0.1, 0.15) is 0 Å². The molecule has 3 heterocycles. The first-order valence-corrected chi connectivity index (χ1v) is 8.94. The highest BCUT2D eigenvalue weighted by atomic mass is 35.5. The second kappa shape index (κ2) is 7.09. The Balaban J connectivity index is 1.66. The minimum atomic E-state index is -0.350. The van der Waals surface area contributed by atoms with E-state index in [4.69, 9.17) is 23.2 Å². The number of nitrogens with zero attached hydrogens (tertiary/aromatic N) is 5. The highest BCUT2D eigenvalue weighted by molar-refractivity contribution is 6.39. The lowest BCUT2D eigenvalue weighted by atomic mass is 10.2. The molecule has 4 rings (SSSR count). The zero-order valence-electron chi connectivity index (χ0n) is 14.3. The van der Waals surface area contributed by atoms with Crippen molar-refractivity contribution in [1.82, 2.24) is 14.8 Å². The first-order chi connectivity index (χ1) is 13.0. The Labute approximate surface area is 164 Å². The summed E-state index contributed by atoms with van der Waals surface area (Å²) in [6.07, 6.45) is 3.89. The zero-order valence-corrected chi connectivity index (χ0v) is 15.8. The summed E-state index contributed by atoms with van der Waals surface area (Å²) < 4.78 is 1.73. The van der Waals surface area contributed by atoms with E-state index >= 15 is 0 Å². The van der Waals surface area contributed by atoms with Crippen LogP contribution in [0.2, 0.25) is 10.0 Å². The van der Waals surface area contributed by atoms with Gasteiger partial charge in [0.25, 0.3) is 5.91 Å². The number of hydrogen-bond donors (Lipinski definition) is 1. The summed E-state index contributed by atoms with van der Waals surface area (Å²) in [7, 11) is 0. The molecule has 0 atom stereocenters. The molecular weight excluding hydrogens is 387 g/mol. The molecule has 1 aromatic carbocycles. The van der Waals surface area contributed by atoms with Crippen LogP contribution in [0.25, 0.3) is 11.0 Å². The van der Waals surface area contributed by atoms with E-state index in [1.165, 1.54) is 6.20 Å². The number of anilines is 1. The third kappa shape index (κ3) is 3.43. The van der Waals surface area contributed by atoms with Crippen molar-refractivity contribution in [3.63, 3.8) is 0 Å². The molecule has 7 nitrogen and oxygen atoms in total. The van der Waals surface area contributed by atoms with Crippen molar-refractivity contribution in [2.45, 2.75) is 19.9 Å². The third-order valence-corrected chi connectivity index (χ3v) is 4.80. The van der Waals surface area contributed by atoms with Crippen LogP contribution in [0.15, 0.2) is 40.7 Å². The van der Waals surface area contributed by atoms with Crippen LogP contribution in [-0.4, -0.2) is 32.6 Å². The molecule has 0 fully saturated rings. The largest absolute Gasteiger partial charge is 0.322 e. The highest BCUT2D eigenvalue weighted by Gasteiger charge is 2.20. The van der Waals surface area contributed by atoms with Gasteiger partial charge in [0.15, 0.2) is 5.65 Å². The van der Waals surface area contributed by atoms with Crippen LogP contribution in [0.3, 0.4) is 0 Å². The molecule has 0 bridgehead atoms. The maximum absolute atomic E-state index is 12.6. The van der Waals surface area contributed by atoms with E-state index in [0.29, 0.717) is 45.4 Å². The van der Waals surface area contributed by atoms with Crippen molar-refractivity contribution < 1.29 is 4.79 Å². The lowest BCUT2D eigenvalue weighted by molar-refractivity contribution is 0.102.